The molecular weight excluding hydrogens is 415 g/mol. The molecule has 1 saturated heterocycles. The van der Waals surface area contributed by atoms with Gasteiger partial charge in [0.1, 0.15) is 5.69 Å². The van der Waals surface area contributed by atoms with E-state index in [1.807, 2.05) is 12.1 Å². The van der Waals surface area contributed by atoms with E-state index in [9.17, 15) is 18.0 Å². The Labute approximate surface area is 174 Å². The second-order valence-corrected chi connectivity index (χ2v) is 7.90. The molecule has 1 aliphatic heterocycles. The molecule has 1 fully saturated rings. The Morgan fingerprint density at radius 2 is 1.93 bits per heavy atom. The summed E-state index contributed by atoms with van der Waals surface area (Å²) in [5, 5.41) is 2.98. The third-order valence-corrected chi connectivity index (χ3v) is 5.96. The van der Waals surface area contributed by atoms with Crippen LogP contribution in [0.3, 0.4) is 0 Å². The van der Waals surface area contributed by atoms with Gasteiger partial charge in [0.25, 0.3) is 5.91 Å². The van der Waals surface area contributed by atoms with Crippen molar-refractivity contribution < 1.29 is 22.7 Å². The Kier molecular flexibility index (Phi) is 5.83. The van der Waals surface area contributed by atoms with Crippen molar-refractivity contribution >= 4 is 22.4 Å². The number of carbonyl (C=O) groups is 1. The molecule has 156 valence electrons. The Morgan fingerprint density at radius 3 is 2.63 bits per heavy atom. The smallest absolute Gasteiger partial charge is 0.381 e. The van der Waals surface area contributed by atoms with Gasteiger partial charge in [0, 0.05) is 35.8 Å². The Balaban J connectivity index is 1.63. The Hall–Kier alpha value is -2.78. The number of anilines is 1. The molecule has 0 aliphatic carbocycles. The van der Waals surface area contributed by atoms with Crippen molar-refractivity contribution in [2.45, 2.75) is 24.9 Å². The van der Waals surface area contributed by atoms with Crippen LogP contribution in [0.1, 0.15) is 39.6 Å². The van der Waals surface area contributed by atoms with Crippen molar-refractivity contribution in [2.75, 3.05) is 18.5 Å². The fourth-order valence-corrected chi connectivity index (χ4v) is 4.45. The molecule has 2 aromatic heterocycles. The second kappa shape index (κ2) is 8.53. The van der Waals surface area contributed by atoms with Crippen LogP contribution in [0.4, 0.5) is 18.3 Å². The number of ether oxygens (including phenoxy) is 1. The van der Waals surface area contributed by atoms with E-state index in [0.29, 0.717) is 29.7 Å². The topological polar surface area (TPSA) is 64.1 Å². The summed E-state index contributed by atoms with van der Waals surface area (Å²) < 4.78 is 44.3. The molecule has 9 heteroatoms. The molecule has 0 atom stereocenters. The van der Waals surface area contributed by atoms with Gasteiger partial charge in [0.2, 0.25) is 0 Å². The number of carbonyl (C=O) groups excluding carboxylic acids is 1. The van der Waals surface area contributed by atoms with Gasteiger partial charge < -0.3 is 4.74 Å². The highest BCUT2D eigenvalue weighted by molar-refractivity contribution is 7.16. The van der Waals surface area contributed by atoms with Crippen LogP contribution in [-0.4, -0.2) is 29.1 Å². The number of rotatable bonds is 4. The summed E-state index contributed by atoms with van der Waals surface area (Å²) in [6, 6.07) is 9.83. The number of nitrogens with one attached hydrogen (secondary N) is 1. The average molecular weight is 433 g/mol. The van der Waals surface area contributed by atoms with Crippen LogP contribution in [0, 0.1) is 0 Å². The van der Waals surface area contributed by atoms with E-state index in [0.717, 1.165) is 29.9 Å². The lowest BCUT2D eigenvalue weighted by atomic mass is 9.96. The minimum atomic E-state index is -4.51. The molecule has 0 bridgehead atoms. The van der Waals surface area contributed by atoms with Gasteiger partial charge in [-0.3, -0.25) is 15.1 Å². The van der Waals surface area contributed by atoms with Gasteiger partial charge in [-0.05, 0) is 43.2 Å². The van der Waals surface area contributed by atoms with E-state index in [1.54, 1.807) is 12.3 Å². The zero-order valence-corrected chi connectivity index (χ0v) is 16.6. The van der Waals surface area contributed by atoms with E-state index >= 15 is 0 Å². The average Bonchev–Trinajstić information content (AvgIpc) is 3.18. The fourth-order valence-electron chi connectivity index (χ4n) is 3.31. The molecule has 4 rings (SSSR count). The number of aromatic nitrogens is 2. The number of halogens is 3. The summed E-state index contributed by atoms with van der Waals surface area (Å²) in [5.41, 5.74) is 0.431. The quantitative estimate of drug-likeness (QED) is 0.601. The number of benzene rings is 1. The maximum Gasteiger partial charge on any atom is 0.416 e. The largest absolute Gasteiger partial charge is 0.416 e. The molecule has 1 amide bonds. The molecule has 1 aromatic carbocycles. The van der Waals surface area contributed by atoms with E-state index in [4.69, 9.17) is 4.74 Å². The molecule has 0 radical (unpaired) electrons. The van der Waals surface area contributed by atoms with Gasteiger partial charge in [0.05, 0.1) is 11.3 Å². The lowest BCUT2D eigenvalue weighted by Crippen LogP contribution is -2.14. The summed E-state index contributed by atoms with van der Waals surface area (Å²) in [7, 11) is 0. The molecule has 0 saturated carbocycles. The van der Waals surface area contributed by atoms with Gasteiger partial charge >= 0.3 is 6.18 Å². The van der Waals surface area contributed by atoms with Crippen LogP contribution < -0.4 is 5.32 Å². The fraction of sp³-hybridized carbons (Fsp3) is 0.286. The zero-order valence-electron chi connectivity index (χ0n) is 15.8. The summed E-state index contributed by atoms with van der Waals surface area (Å²) in [4.78, 5) is 22.5. The van der Waals surface area contributed by atoms with Crippen LogP contribution >= 0.6 is 11.3 Å². The van der Waals surface area contributed by atoms with Gasteiger partial charge in [-0.2, -0.15) is 13.2 Å². The van der Waals surface area contributed by atoms with Crippen molar-refractivity contribution in [1.29, 1.82) is 0 Å². The highest BCUT2D eigenvalue weighted by Crippen LogP contribution is 2.40. The monoisotopic (exact) mass is 433 g/mol. The maximum atomic E-state index is 12.9. The standard InChI is InChI=1S/C21H18F3N3O2S/c22-21(23,24)15-5-3-4-14(12-15)19(28)27-20-26-17(16-6-1-2-9-25-16)18(30-20)13-7-10-29-11-8-13/h1-6,9,12-13H,7-8,10-11H2,(H,26,27,28). The summed E-state index contributed by atoms with van der Waals surface area (Å²) >= 11 is 1.33. The van der Waals surface area contributed by atoms with Gasteiger partial charge in [-0.25, -0.2) is 4.98 Å². The van der Waals surface area contributed by atoms with Crippen LogP contribution in [0.5, 0.6) is 0 Å². The van der Waals surface area contributed by atoms with Gasteiger partial charge in [-0.1, -0.05) is 12.1 Å². The maximum absolute atomic E-state index is 12.9. The van der Waals surface area contributed by atoms with E-state index < -0.39 is 17.6 Å². The number of nitrogens with zero attached hydrogens (tertiary/aromatic N) is 2. The summed E-state index contributed by atoms with van der Waals surface area (Å²) in [6.07, 6.45) is -1.17. The number of alkyl halides is 3. The first-order chi connectivity index (χ1) is 14.4. The number of pyridine rings is 1. The second-order valence-electron chi connectivity index (χ2n) is 6.87. The minimum absolute atomic E-state index is 0.0768. The van der Waals surface area contributed by atoms with E-state index in [2.05, 4.69) is 15.3 Å². The Morgan fingerprint density at radius 1 is 1.13 bits per heavy atom. The normalized spacial score (nSPS) is 15.2. The van der Waals surface area contributed by atoms with Crippen molar-refractivity contribution in [3.05, 3.63) is 64.7 Å². The molecule has 0 spiro atoms. The number of thiazole rings is 1. The minimum Gasteiger partial charge on any atom is -0.381 e. The highest BCUT2D eigenvalue weighted by Gasteiger charge is 2.31. The highest BCUT2D eigenvalue weighted by atomic mass is 32.1. The summed E-state index contributed by atoms with van der Waals surface area (Å²) in [6.45, 7) is 1.30. The first kappa shape index (κ1) is 20.5. The molecule has 0 unspecified atom stereocenters. The predicted molar refractivity (Wildman–Crippen MR) is 108 cm³/mol. The third-order valence-electron chi connectivity index (χ3n) is 4.83. The number of hydrogen-bond donors (Lipinski definition) is 1. The summed E-state index contributed by atoms with van der Waals surface area (Å²) in [5.74, 6) is -0.409. The van der Waals surface area contributed by atoms with E-state index in [1.165, 1.54) is 23.5 Å². The predicted octanol–water partition coefficient (Wildman–Crippen LogP) is 5.37. The molecule has 3 aromatic rings. The van der Waals surface area contributed by atoms with Gasteiger partial charge in [0.15, 0.2) is 5.13 Å². The molecule has 3 heterocycles. The van der Waals surface area contributed by atoms with E-state index in [-0.39, 0.29) is 11.5 Å². The molecule has 5 nitrogen and oxygen atoms in total. The molecular formula is C21H18F3N3O2S. The van der Waals surface area contributed by atoms with Crippen LogP contribution in [0.25, 0.3) is 11.4 Å². The lowest BCUT2D eigenvalue weighted by molar-refractivity contribution is -0.137. The lowest BCUT2D eigenvalue weighted by Gasteiger charge is -2.21. The van der Waals surface area contributed by atoms with Crippen molar-refractivity contribution in [3.63, 3.8) is 0 Å². The van der Waals surface area contributed by atoms with Crippen LogP contribution in [-0.2, 0) is 10.9 Å². The number of amides is 1. The molecule has 30 heavy (non-hydrogen) atoms. The van der Waals surface area contributed by atoms with Gasteiger partial charge in [-0.15, -0.1) is 11.3 Å². The van der Waals surface area contributed by atoms with Crippen LogP contribution in [0.15, 0.2) is 48.7 Å². The number of hydrogen-bond acceptors (Lipinski definition) is 5. The first-order valence-electron chi connectivity index (χ1n) is 9.40. The zero-order chi connectivity index (χ0) is 21.1. The Bertz CT molecular complexity index is 1030. The van der Waals surface area contributed by atoms with Crippen LogP contribution in [0.2, 0.25) is 0 Å². The van der Waals surface area contributed by atoms with Crippen molar-refractivity contribution in [2.24, 2.45) is 0 Å². The molecule has 1 aliphatic rings. The van der Waals surface area contributed by atoms with Crippen molar-refractivity contribution in [3.8, 4) is 11.4 Å². The first-order valence-corrected chi connectivity index (χ1v) is 10.2. The SMILES string of the molecule is O=C(Nc1nc(-c2ccccn2)c(C2CCOCC2)s1)c1cccc(C(F)(F)F)c1. The molecule has 1 N–H and O–H groups in total. The van der Waals surface area contributed by atoms with Crippen molar-refractivity contribution in [1.82, 2.24) is 9.97 Å². The third kappa shape index (κ3) is 4.52.